The molecule has 1 fully saturated rings. The number of likely N-dealkylation sites (tertiary alicyclic amines) is 1. The van der Waals surface area contributed by atoms with Gasteiger partial charge in [0, 0.05) is 49.7 Å². The number of sulfonamides is 1. The first kappa shape index (κ1) is 34.1. The van der Waals surface area contributed by atoms with Gasteiger partial charge in [-0.3, -0.25) is 14.3 Å². The minimum atomic E-state index is -3.41. The van der Waals surface area contributed by atoms with Crippen molar-refractivity contribution in [3.05, 3.63) is 95.6 Å². The number of anilines is 1. The van der Waals surface area contributed by atoms with Gasteiger partial charge in [-0.15, -0.1) is 0 Å². The van der Waals surface area contributed by atoms with Crippen molar-refractivity contribution in [3.8, 4) is 0 Å². The van der Waals surface area contributed by atoms with Crippen LogP contribution in [0.3, 0.4) is 0 Å². The highest BCUT2D eigenvalue weighted by molar-refractivity contribution is 7.92. The van der Waals surface area contributed by atoms with Crippen molar-refractivity contribution < 1.29 is 26.4 Å². The summed E-state index contributed by atoms with van der Waals surface area (Å²) in [5.41, 5.74) is 2.62. The molecule has 4 rings (SSSR count). The summed E-state index contributed by atoms with van der Waals surface area (Å²) in [6.45, 7) is 5.04. The van der Waals surface area contributed by atoms with Crippen LogP contribution in [0.15, 0.2) is 83.8 Å². The number of likely N-dealkylation sites (N-methyl/N-ethyl adjacent to an activating group) is 1. The van der Waals surface area contributed by atoms with Crippen molar-refractivity contribution in [2.45, 2.75) is 49.6 Å². The average Bonchev–Trinajstić information content (AvgIpc) is 3.00. The van der Waals surface area contributed by atoms with Crippen molar-refractivity contribution in [3.63, 3.8) is 0 Å². The van der Waals surface area contributed by atoms with E-state index in [9.17, 15) is 26.4 Å². The largest absolute Gasteiger partial charge is 0.345 e. The molecule has 0 unspecified atom stereocenters. The highest BCUT2D eigenvalue weighted by atomic mass is 32.2. The van der Waals surface area contributed by atoms with Crippen molar-refractivity contribution in [1.29, 1.82) is 0 Å². The first-order valence-corrected chi connectivity index (χ1v) is 18.8. The van der Waals surface area contributed by atoms with Gasteiger partial charge in [0.1, 0.15) is 0 Å². The van der Waals surface area contributed by atoms with Crippen LogP contribution in [0.5, 0.6) is 0 Å². The van der Waals surface area contributed by atoms with E-state index in [1.807, 2.05) is 42.2 Å². The molecule has 45 heavy (non-hydrogen) atoms. The van der Waals surface area contributed by atoms with Crippen LogP contribution in [0.1, 0.15) is 53.7 Å². The molecular weight excluding hydrogens is 613 g/mol. The highest BCUT2D eigenvalue weighted by Gasteiger charge is 2.28. The van der Waals surface area contributed by atoms with Gasteiger partial charge in [-0.2, -0.15) is 0 Å². The van der Waals surface area contributed by atoms with Crippen molar-refractivity contribution in [2.24, 2.45) is 0 Å². The van der Waals surface area contributed by atoms with Crippen LogP contribution < -0.4 is 10.0 Å². The number of piperidine rings is 1. The molecule has 1 heterocycles. The fourth-order valence-corrected chi connectivity index (χ4v) is 6.88. The molecular formula is C33H42N4O6S2. The minimum Gasteiger partial charge on any atom is -0.345 e. The second-order valence-electron chi connectivity index (χ2n) is 11.5. The monoisotopic (exact) mass is 654 g/mol. The smallest absolute Gasteiger partial charge is 0.251 e. The summed E-state index contributed by atoms with van der Waals surface area (Å²) in [5.74, 6) is -0.202. The molecule has 1 aliphatic rings. The van der Waals surface area contributed by atoms with Crippen LogP contribution in [-0.2, 0) is 31.1 Å². The maximum atomic E-state index is 13.2. The summed E-state index contributed by atoms with van der Waals surface area (Å²) in [4.78, 5) is 30.9. The lowest BCUT2D eigenvalue weighted by atomic mass is 9.99. The van der Waals surface area contributed by atoms with Gasteiger partial charge in [-0.25, -0.2) is 16.8 Å². The molecule has 12 heteroatoms. The van der Waals surface area contributed by atoms with E-state index in [0.717, 1.165) is 49.9 Å². The standard InChI is InChI=1S/C33H42N4O6S2/c1-4-37(32(38)24-25-10-16-30(17-11-25)44(2,40)41)29-18-21-36(22-19-29)23-20-31(26-8-6-5-7-9-26)34-33(39)27-12-14-28(15-13-27)35-45(3,42)43/h5-17,29,31,35H,4,18-24H2,1-3H3,(H,34,39)/t31-/m0/s1. The highest BCUT2D eigenvalue weighted by Crippen LogP contribution is 2.23. The normalized spacial score (nSPS) is 15.3. The Kier molecular flexibility index (Phi) is 11.4. The van der Waals surface area contributed by atoms with Crippen molar-refractivity contribution in [1.82, 2.24) is 15.1 Å². The number of amides is 2. The molecule has 10 nitrogen and oxygen atoms in total. The summed E-state index contributed by atoms with van der Waals surface area (Å²) in [7, 11) is -6.69. The zero-order valence-corrected chi connectivity index (χ0v) is 27.6. The first-order valence-electron chi connectivity index (χ1n) is 15.1. The number of rotatable bonds is 13. The Morgan fingerprint density at radius 1 is 0.889 bits per heavy atom. The number of hydrogen-bond donors (Lipinski definition) is 2. The van der Waals surface area contributed by atoms with Gasteiger partial charge in [-0.05, 0) is 73.7 Å². The Morgan fingerprint density at radius 2 is 1.51 bits per heavy atom. The number of nitrogens with zero attached hydrogens (tertiary/aromatic N) is 2. The van der Waals surface area contributed by atoms with Crippen molar-refractivity contribution >= 4 is 37.4 Å². The molecule has 242 valence electrons. The summed E-state index contributed by atoms with van der Waals surface area (Å²) < 4.78 is 48.9. The topological polar surface area (TPSA) is 133 Å². The van der Waals surface area contributed by atoms with E-state index in [1.54, 1.807) is 48.5 Å². The summed E-state index contributed by atoms with van der Waals surface area (Å²) >= 11 is 0. The fraction of sp³-hybridized carbons (Fsp3) is 0.394. The predicted molar refractivity (Wildman–Crippen MR) is 176 cm³/mol. The van der Waals surface area contributed by atoms with E-state index in [2.05, 4.69) is 14.9 Å². The van der Waals surface area contributed by atoms with Crippen LogP contribution >= 0.6 is 0 Å². The zero-order chi connectivity index (χ0) is 32.6. The first-order chi connectivity index (χ1) is 21.3. The lowest BCUT2D eigenvalue weighted by molar-refractivity contribution is -0.133. The Balaban J connectivity index is 1.32. The third-order valence-corrected chi connectivity index (χ3v) is 9.79. The van der Waals surface area contributed by atoms with Crippen LogP contribution in [-0.4, -0.2) is 83.2 Å². The van der Waals surface area contributed by atoms with E-state index in [4.69, 9.17) is 0 Å². The number of nitrogens with one attached hydrogen (secondary N) is 2. The van der Waals surface area contributed by atoms with E-state index < -0.39 is 19.9 Å². The molecule has 0 aliphatic carbocycles. The Hall–Kier alpha value is -3.74. The van der Waals surface area contributed by atoms with Gasteiger partial charge in [-0.1, -0.05) is 42.5 Å². The quantitative estimate of drug-likeness (QED) is 0.286. The number of carbonyl (C=O) groups is 2. The molecule has 1 atom stereocenters. The van der Waals surface area contributed by atoms with Gasteiger partial charge in [0.25, 0.3) is 5.91 Å². The van der Waals surface area contributed by atoms with Crippen LogP contribution in [0.25, 0.3) is 0 Å². The maximum Gasteiger partial charge on any atom is 0.251 e. The molecule has 2 amide bonds. The van der Waals surface area contributed by atoms with Gasteiger partial charge in [0.2, 0.25) is 15.9 Å². The zero-order valence-electron chi connectivity index (χ0n) is 26.0. The molecule has 0 bridgehead atoms. The number of hydrogen-bond acceptors (Lipinski definition) is 7. The molecule has 3 aromatic rings. The van der Waals surface area contributed by atoms with Crippen molar-refractivity contribution in [2.75, 3.05) is 43.4 Å². The number of benzene rings is 3. The number of sulfone groups is 1. The van der Waals surface area contributed by atoms with Gasteiger partial charge in [0.15, 0.2) is 9.84 Å². The van der Waals surface area contributed by atoms with Gasteiger partial charge < -0.3 is 15.1 Å². The molecule has 0 spiro atoms. The van der Waals surface area contributed by atoms with Crippen LogP contribution in [0.2, 0.25) is 0 Å². The molecule has 0 radical (unpaired) electrons. The molecule has 0 aromatic heterocycles. The molecule has 3 aromatic carbocycles. The van der Waals surface area contributed by atoms with Crippen LogP contribution in [0.4, 0.5) is 5.69 Å². The Morgan fingerprint density at radius 3 is 2.07 bits per heavy atom. The second-order valence-corrected chi connectivity index (χ2v) is 15.3. The maximum absolute atomic E-state index is 13.2. The van der Waals surface area contributed by atoms with E-state index in [0.29, 0.717) is 24.2 Å². The van der Waals surface area contributed by atoms with Crippen LogP contribution in [0, 0.1) is 0 Å². The molecule has 1 saturated heterocycles. The number of carbonyl (C=O) groups excluding carboxylic acids is 2. The molecule has 2 N–H and O–H groups in total. The van der Waals surface area contributed by atoms with E-state index in [-0.39, 0.29) is 35.2 Å². The average molecular weight is 655 g/mol. The Bertz CT molecular complexity index is 1650. The SMILES string of the molecule is CCN(C(=O)Cc1ccc(S(C)(=O)=O)cc1)C1CCN(CC[C@H](NC(=O)c2ccc(NS(C)(=O)=O)cc2)c2ccccc2)CC1. The molecule has 0 saturated carbocycles. The Labute approximate surface area is 266 Å². The minimum absolute atomic E-state index is 0.0371. The molecule has 1 aliphatic heterocycles. The summed E-state index contributed by atoms with van der Waals surface area (Å²) in [5, 5.41) is 3.15. The van der Waals surface area contributed by atoms with Gasteiger partial charge in [0.05, 0.1) is 23.6 Å². The lowest BCUT2D eigenvalue weighted by Gasteiger charge is -2.38. The second kappa shape index (κ2) is 15.0. The summed E-state index contributed by atoms with van der Waals surface area (Å²) in [6.07, 6.45) is 4.87. The van der Waals surface area contributed by atoms with E-state index >= 15 is 0 Å². The van der Waals surface area contributed by atoms with Gasteiger partial charge >= 0.3 is 0 Å². The predicted octanol–water partition coefficient (Wildman–Crippen LogP) is 3.88. The third kappa shape index (κ3) is 10.1. The summed E-state index contributed by atoms with van der Waals surface area (Å²) in [6, 6.07) is 22.6. The third-order valence-electron chi connectivity index (χ3n) is 8.06. The fourth-order valence-electron chi connectivity index (χ4n) is 5.69. The van der Waals surface area contributed by atoms with E-state index in [1.165, 1.54) is 6.26 Å². The lowest BCUT2D eigenvalue weighted by Crippen LogP contribution is -2.48.